The van der Waals surface area contributed by atoms with Crippen LogP contribution in [-0.4, -0.2) is 17.1 Å². The van der Waals surface area contributed by atoms with E-state index in [2.05, 4.69) is 13.8 Å². The Balaban J connectivity index is 2.50. The van der Waals surface area contributed by atoms with Crippen molar-refractivity contribution in [1.82, 2.24) is 0 Å². The fourth-order valence-corrected chi connectivity index (χ4v) is 2.12. The van der Waals surface area contributed by atoms with Crippen molar-refractivity contribution in [1.29, 1.82) is 0 Å². The highest BCUT2D eigenvalue weighted by Crippen LogP contribution is 2.34. The van der Waals surface area contributed by atoms with E-state index in [0.717, 1.165) is 25.2 Å². The van der Waals surface area contributed by atoms with E-state index in [0.29, 0.717) is 5.92 Å². The third-order valence-corrected chi connectivity index (χ3v) is 3.43. The van der Waals surface area contributed by atoms with Gasteiger partial charge in [0.25, 0.3) is 0 Å². The second kappa shape index (κ2) is 4.09. The summed E-state index contributed by atoms with van der Waals surface area (Å²) in [5.41, 5.74) is 5.60. The highest BCUT2D eigenvalue weighted by atomic mass is 16.4. The van der Waals surface area contributed by atoms with Crippen LogP contribution in [0.25, 0.3) is 0 Å². The second-order valence-corrected chi connectivity index (χ2v) is 4.39. The number of nitrogens with two attached hydrogens (primary N) is 1. The number of hydrogen-bond donors (Lipinski definition) is 2. The molecule has 1 saturated carbocycles. The molecule has 0 amide bonds. The van der Waals surface area contributed by atoms with Gasteiger partial charge >= 0.3 is 5.97 Å². The summed E-state index contributed by atoms with van der Waals surface area (Å²) in [7, 11) is 0. The summed E-state index contributed by atoms with van der Waals surface area (Å²) in [6.07, 6.45) is 3.06. The first kappa shape index (κ1) is 10.5. The van der Waals surface area contributed by atoms with Crippen LogP contribution >= 0.6 is 0 Å². The summed E-state index contributed by atoms with van der Waals surface area (Å²) in [6, 6.07) is -0.657. The molecule has 13 heavy (non-hydrogen) atoms. The van der Waals surface area contributed by atoms with E-state index in [4.69, 9.17) is 10.8 Å². The Morgan fingerprint density at radius 2 is 2.00 bits per heavy atom. The Hall–Kier alpha value is -0.570. The van der Waals surface area contributed by atoms with Crippen molar-refractivity contribution in [2.75, 3.05) is 0 Å². The summed E-state index contributed by atoms with van der Waals surface area (Å²) in [4.78, 5) is 10.7. The average molecular weight is 185 g/mol. The third-order valence-electron chi connectivity index (χ3n) is 3.43. The molecule has 76 valence electrons. The highest BCUT2D eigenvalue weighted by Gasteiger charge is 2.31. The number of carboxylic acid groups (broad SMARTS) is 1. The van der Waals surface area contributed by atoms with Gasteiger partial charge in [-0.05, 0) is 30.6 Å². The fourth-order valence-electron chi connectivity index (χ4n) is 2.12. The largest absolute Gasteiger partial charge is 0.480 e. The maximum absolute atomic E-state index is 10.7. The smallest absolute Gasteiger partial charge is 0.320 e. The zero-order valence-corrected chi connectivity index (χ0v) is 8.36. The van der Waals surface area contributed by atoms with Crippen LogP contribution in [0, 0.1) is 17.8 Å². The Labute approximate surface area is 79.3 Å². The van der Waals surface area contributed by atoms with Crippen LogP contribution in [0.15, 0.2) is 0 Å². The normalized spacial score (nSPS) is 37.0. The van der Waals surface area contributed by atoms with E-state index in [1.165, 1.54) is 0 Å². The first-order valence-corrected chi connectivity index (χ1v) is 5.00. The highest BCUT2D eigenvalue weighted by molar-refractivity contribution is 5.73. The maximum atomic E-state index is 10.7. The molecule has 0 spiro atoms. The van der Waals surface area contributed by atoms with Gasteiger partial charge in [-0.15, -0.1) is 0 Å². The van der Waals surface area contributed by atoms with E-state index < -0.39 is 12.0 Å². The van der Waals surface area contributed by atoms with Crippen molar-refractivity contribution in [3.63, 3.8) is 0 Å². The van der Waals surface area contributed by atoms with Gasteiger partial charge < -0.3 is 10.8 Å². The Kier molecular flexibility index (Phi) is 3.31. The van der Waals surface area contributed by atoms with E-state index >= 15 is 0 Å². The van der Waals surface area contributed by atoms with Crippen LogP contribution < -0.4 is 5.73 Å². The predicted octanol–water partition coefficient (Wildman–Crippen LogP) is 1.47. The molecule has 0 aliphatic heterocycles. The molecule has 0 heterocycles. The zero-order chi connectivity index (χ0) is 10.0. The van der Waals surface area contributed by atoms with Crippen LogP contribution in [-0.2, 0) is 4.79 Å². The molecule has 1 aliphatic carbocycles. The summed E-state index contributed by atoms with van der Waals surface area (Å²) in [5, 5.41) is 8.76. The van der Waals surface area contributed by atoms with Crippen LogP contribution in [0.1, 0.15) is 33.1 Å². The van der Waals surface area contributed by atoms with Gasteiger partial charge in [0.2, 0.25) is 0 Å². The van der Waals surface area contributed by atoms with E-state index in [9.17, 15) is 4.79 Å². The molecule has 4 atom stereocenters. The summed E-state index contributed by atoms with van der Waals surface area (Å²) < 4.78 is 0. The van der Waals surface area contributed by atoms with Crippen molar-refractivity contribution >= 4 is 5.97 Å². The molecule has 0 aromatic heterocycles. The van der Waals surface area contributed by atoms with Gasteiger partial charge in [-0.2, -0.15) is 0 Å². The van der Waals surface area contributed by atoms with Gasteiger partial charge in [0, 0.05) is 0 Å². The van der Waals surface area contributed by atoms with Crippen molar-refractivity contribution in [2.24, 2.45) is 23.5 Å². The number of rotatable bonds is 2. The molecule has 3 N–H and O–H groups in total. The molecule has 0 aromatic rings. The topological polar surface area (TPSA) is 63.3 Å². The van der Waals surface area contributed by atoms with Crippen LogP contribution in [0.5, 0.6) is 0 Å². The van der Waals surface area contributed by atoms with Crippen molar-refractivity contribution < 1.29 is 9.90 Å². The summed E-state index contributed by atoms with van der Waals surface area (Å²) in [5.74, 6) is 0.664. The minimum absolute atomic E-state index is 0.184. The third kappa shape index (κ3) is 2.44. The zero-order valence-electron chi connectivity index (χ0n) is 8.36. The fraction of sp³-hybridized carbons (Fsp3) is 0.900. The predicted molar refractivity (Wildman–Crippen MR) is 51.3 cm³/mol. The summed E-state index contributed by atoms with van der Waals surface area (Å²) in [6.45, 7) is 4.42. The second-order valence-electron chi connectivity index (χ2n) is 4.39. The molecule has 3 nitrogen and oxygen atoms in total. The lowest BCUT2D eigenvalue weighted by Gasteiger charge is -2.33. The Morgan fingerprint density at radius 3 is 2.46 bits per heavy atom. The molecule has 0 bridgehead atoms. The molecule has 0 radical (unpaired) electrons. The molecular weight excluding hydrogens is 166 g/mol. The number of aliphatic carboxylic acids is 1. The van der Waals surface area contributed by atoms with Gasteiger partial charge in [0.1, 0.15) is 6.04 Å². The van der Waals surface area contributed by atoms with Crippen molar-refractivity contribution in [3.05, 3.63) is 0 Å². The SMILES string of the molecule is CC1CCC(C(N)C(=O)O)CC1C. The Morgan fingerprint density at radius 1 is 1.38 bits per heavy atom. The first-order chi connectivity index (χ1) is 6.02. The Bertz CT molecular complexity index is 193. The van der Waals surface area contributed by atoms with Crippen LogP contribution in [0.4, 0.5) is 0 Å². The van der Waals surface area contributed by atoms with Gasteiger partial charge in [-0.1, -0.05) is 20.3 Å². The minimum atomic E-state index is -0.855. The average Bonchev–Trinajstić information content (AvgIpc) is 2.08. The molecule has 1 aliphatic rings. The molecule has 0 aromatic carbocycles. The van der Waals surface area contributed by atoms with Gasteiger partial charge in [0.05, 0.1) is 0 Å². The first-order valence-electron chi connectivity index (χ1n) is 5.00. The lowest BCUT2D eigenvalue weighted by molar-refractivity contribution is -0.140. The molecule has 3 heteroatoms. The number of hydrogen-bond acceptors (Lipinski definition) is 2. The quantitative estimate of drug-likeness (QED) is 0.684. The van der Waals surface area contributed by atoms with E-state index in [1.807, 2.05) is 0 Å². The van der Waals surface area contributed by atoms with Crippen molar-refractivity contribution in [2.45, 2.75) is 39.2 Å². The van der Waals surface area contributed by atoms with E-state index in [-0.39, 0.29) is 5.92 Å². The molecule has 1 rings (SSSR count). The van der Waals surface area contributed by atoms with Gasteiger partial charge in [-0.25, -0.2) is 0 Å². The number of carbonyl (C=O) groups is 1. The van der Waals surface area contributed by atoms with Crippen LogP contribution in [0.2, 0.25) is 0 Å². The van der Waals surface area contributed by atoms with Gasteiger partial charge in [-0.3, -0.25) is 4.79 Å². The molecule has 1 fully saturated rings. The molecule has 0 saturated heterocycles. The molecular formula is C10H19NO2. The maximum Gasteiger partial charge on any atom is 0.320 e. The van der Waals surface area contributed by atoms with Crippen LogP contribution in [0.3, 0.4) is 0 Å². The van der Waals surface area contributed by atoms with E-state index in [1.54, 1.807) is 0 Å². The lowest BCUT2D eigenvalue weighted by atomic mass is 9.73. The van der Waals surface area contributed by atoms with Gasteiger partial charge in [0.15, 0.2) is 0 Å². The lowest BCUT2D eigenvalue weighted by Crippen LogP contribution is -2.41. The minimum Gasteiger partial charge on any atom is -0.480 e. The van der Waals surface area contributed by atoms with Crippen molar-refractivity contribution in [3.8, 4) is 0 Å². The molecule has 4 unspecified atom stereocenters. The summed E-state index contributed by atoms with van der Waals surface area (Å²) >= 11 is 0. The number of carboxylic acids is 1. The standard InChI is InChI=1S/C10H19NO2/c1-6-3-4-8(5-7(6)2)9(11)10(12)13/h6-9H,3-5,11H2,1-2H3,(H,12,13). The monoisotopic (exact) mass is 185 g/mol.